The van der Waals surface area contributed by atoms with Crippen molar-refractivity contribution in [2.45, 2.75) is 38.8 Å². The molecule has 2 rings (SSSR count). The first-order valence-corrected chi connectivity index (χ1v) is 7.05. The van der Waals surface area contributed by atoms with Crippen LogP contribution in [0.5, 0.6) is 0 Å². The predicted molar refractivity (Wildman–Crippen MR) is 77.9 cm³/mol. The lowest BCUT2D eigenvalue weighted by atomic mass is 10.2. The summed E-state index contributed by atoms with van der Waals surface area (Å²) < 4.78 is 5.21. The molecule has 1 fully saturated rings. The number of nitrogens with one attached hydrogen (secondary N) is 1. The third kappa shape index (κ3) is 4.44. The Hall–Kier alpha value is -2.11. The van der Waals surface area contributed by atoms with E-state index in [2.05, 4.69) is 10.3 Å². The van der Waals surface area contributed by atoms with Crippen LogP contribution in [0.3, 0.4) is 0 Å². The van der Waals surface area contributed by atoms with Gasteiger partial charge in [-0.25, -0.2) is 4.79 Å². The third-order valence-electron chi connectivity index (χ3n) is 3.08. The quantitative estimate of drug-likeness (QED) is 0.902. The molecule has 1 aliphatic heterocycles. The van der Waals surface area contributed by atoms with Gasteiger partial charge in [-0.1, -0.05) is 6.07 Å². The zero-order valence-electron chi connectivity index (χ0n) is 12.6. The van der Waals surface area contributed by atoms with Gasteiger partial charge in [-0.05, 0) is 39.3 Å². The van der Waals surface area contributed by atoms with Gasteiger partial charge in [0.25, 0.3) is 5.91 Å². The van der Waals surface area contributed by atoms with Crippen molar-refractivity contribution in [3.05, 3.63) is 30.1 Å². The second-order valence-corrected chi connectivity index (χ2v) is 6.10. The van der Waals surface area contributed by atoms with Crippen molar-refractivity contribution >= 4 is 12.0 Å². The molecular weight excluding hydrogens is 270 g/mol. The highest BCUT2D eigenvalue weighted by Gasteiger charge is 2.29. The number of pyridine rings is 1. The van der Waals surface area contributed by atoms with Gasteiger partial charge in [0, 0.05) is 19.3 Å². The summed E-state index contributed by atoms with van der Waals surface area (Å²) >= 11 is 0. The van der Waals surface area contributed by atoms with E-state index in [0.717, 1.165) is 6.42 Å². The molecule has 0 aliphatic carbocycles. The smallest absolute Gasteiger partial charge is 0.407 e. The van der Waals surface area contributed by atoms with E-state index in [0.29, 0.717) is 18.8 Å². The Balaban J connectivity index is 1.86. The van der Waals surface area contributed by atoms with Crippen molar-refractivity contribution in [3.63, 3.8) is 0 Å². The minimum absolute atomic E-state index is 0.0764. The van der Waals surface area contributed by atoms with Crippen molar-refractivity contribution in [2.75, 3.05) is 13.1 Å². The van der Waals surface area contributed by atoms with E-state index >= 15 is 0 Å². The van der Waals surface area contributed by atoms with E-state index in [4.69, 9.17) is 4.74 Å². The fraction of sp³-hybridized carbons (Fsp3) is 0.533. The molecule has 1 unspecified atom stereocenters. The zero-order valence-corrected chi connectivity index (χ0v) is 12.6. The summed E-state index contributed by atoms with van der Waals surface area (Å²) in [6, 6.07) is 5.17. The second kappa shape index (κ2) is 6.11. The maximum Gasteiger partial charge on any atom is 0.407 e. The standard InChI is InChI=1S/C15H21N3O3/c1-15(2,3)21-14(20)17-11-7-9-18(10-11)13(19)12-6-4-5-8-16-12/h4-6,8,11H,7,9-10H2,1-3H3,(H,17,20). The minimum Gasteiger partial charge on any atom is -0.444 e. The van der Waals surface area contributed by atoms with Crippen molar-refractivity contribution in [3.8, 4) is 0 Å². The molecule has 1 aromatic rings. The molecular formula is C15H21N3O3. The lowest BCUT2D eigenvalue weighted by Gasteiger charge is -2.22. The largest absolute Gasteiger partial charge is 0.444 e. The van der Waals surface area contributed by atoms with Gasteiger partial charge in [-0.3, -0.25) is 9.78 Å². The average molecular weight is 291 g/mol. The number of ether oxygens (including phenoxy) is 1. The highest BCUT2D eigenvalue weighted by atomic mass is 16.6. The number of likely N-dealkylation sites (tertiary alicyclic amines) is 1. The molecule has 1 aliphatic rings. The summed E-state index contributed by atoms with van der Waals surface area (Å²) in [5.74, 6) is -0.107. The zero-order chi connectivity index (χ0) is 15.5. The molecule has 1 aromatic heterocycles. The van der Waals surface area contributed by atoms with E-state index in [1.165, 1.54) is 0 Å². The van der Waals surface area contributed by atoms with Gasteiger partial charge >= 0.3 is 6.09 Å². The second-order valence-electron chi connectivity index (χ2n) is 6.10. The molecule has 0 aromatic carbocycles. The Morgan fingerprint density at radius 3 is 2.76 bits per heavy atom. The van der Waals surface area contributed by atoms with Crippen LogP contribution in [0, 0.1) is 0 Å². The number of hydrogen-bond donors (Lipinski definition) is 1. The van der Waals surface area contributed by atoms with Crippen LogP contribution >= 0.6 is 0 Å². The van der Waals surface area contributed by atoms with Gasteiger partial charge < -0.3 is 15.0 Å². The molecule has 0 bridgehead atoms. The summed E-state index contributed by atoms with van der Waals surface area (Å²) in [6.07, 6.45) is 1.87. The predicted octanol–water partition coefficient (Wildman–Crippen LogP) is 1.82. The Labute approximate surface area is 124 Å². The Morgan fingerprint density at radius 2 is 2.14 bits per heavy atom. The van der Waals surface area contributed by atoms with Crippen molar-refractivity contribution in [1.29, 1.82) is 0 Å². The molecule has 1 atom stereocenters. The Kier molecular flexibility index (Phi) is 4.45. The number of nitrogens with zero attached hydrogens (tertiary/aromatic N) is 2. The van der Waals surface area contributed by atoms with Gasteiger partial charge in [0.15, 0.2) is 0 Å². The van der Waals surface area contributed by atoms with Gasteiger partial charge in [0.05, 0.1) is 6.04 Å². The van der Waals surface area contributed by atoms with Gasteiger partial charge in [-0.15, -0.1) is 0 Å². The summed E-state index contributed by atoms with van der Waals surface area (Å²) in [6.45, 7) is 6.54. The third-order valence-corrected chi connectivity index (χ3v) is 3.08. The van der Waals surface area contributed by atoms with Crippen LogP contribution in [0.2, 0.25) is 0 Å². The number of rotatable bonds is 2. The number of aromatic nitrogens is 1. The SMILES string of the molecule is CC(C)(C)OC(=O)NC1CCN(C(=O)c2ccccn2)C1. The number of hydrogen-bond acceptors (Lipinski definition) is 4. The Morgan fingerprint density at radius 1 is 1.38 bits per heavy atom. The fourth-order valence-corrected chi connectivity index (χ4v) is 2.19. The normalized spacial score (nSPS) is 18.4. The molecule has 0 radical (unpaired) electrons. The van der Waals surface area contributed by atoms with Crippen LogP contribution in [0.1, 0.15) is 37.7 Å². The van der Waals surface area contributed by atoms with E-state index in [9.17, 15) is 9.59 Å². The first-order chi connectivity index (χ1) is 9.85. The summed E-state index contributed by atoms with van der Waals surface area (Å²) in [7, 11) is 0. The lowest BCUT2D eigenvalue weighted by molar-refractivity contribution is 0.0502. The molecule has 2 heterocycles. The minimum atomic E-state index is -0.522. The van der Waals surface area contributed by atoms with E-state index < -0.39 is 11.7 Å². The Bertz CT molecular complexity index is 511. The first-order valence-electron chi connectivity index (χ1n) is 7.05. The van der Waals surface area contributed by atoms with Crippen LogP contribution < -0.4 is 5.32 Å². The molecule has 6 nitrogen and oxygen atoms in total. The van der Waals surface area contributed by atoms with Crippen LogP contribution in [0.4, 0.5) is 4.79 Å². The molecule has 6 heteroatoms. The summed E-state index contributed by atoms with van der Waals surface area (Å²) in [4.78, 5) is 29.7. The van der Waals surface area contributed by atoms with Gasteiger partial charge in [0.2, 0.25) is 0 Å². The van der Waals surface area contributed by atoms with Crippen molar-refractivity contribution in [1.82, 2.24) is 15.2 Å². The average Bonchev–Trinajstić information content (AvgIpc) is 2.85. The van der Waals surface area contributed by atoms with Crippen LogP contribution in [0.15, 0.2) is 24.4 Å². The highest BCUT2D eigenvalue weighted by molar-refractivity contribution is 5.92. The molecule has 21 heavy (non-hydrogen) atoms. The van der Waals surface area contributed by atoms with E-state index in [1.807, 2.05) is 20.8 Å². The summed E-state index contributed by atoms with van der Waals surface area (Å²) in [5, 5.41) is 2.80. The highest BCUT2D eigenvalue weighted by Crippen LogP contribution is 2.14. The topological polar surface area (TPSA) is 71.5 Å². The molecule has 0 saturated carbocycles. The van der Waals surface area contributed by atoms with E-state index in [1.54, 1.807) is 29.3 Å². The molecule has 1 saturated heterocycles. The van der Waals surface area contributed by atoms with Crippen molar-refractivity contribution in [2.24, 2.45) is 0 Å². The number of carbonyl (C=O) groups excluding carboxylic acids is 2. The summed E-state index contributed by atoms with van der Waals surface area (Å²) in [5.41, 5.74) is -0.0954. The van der Waals surface area contributed by atoms with E-state index in [-0.39, 0.29) is 11.9 Å². The number of carbonyl (C=O) groups is 2. The van der Waals surface area contributed by atoms with Gasteiger partial charge in [0.1, 0.15) is 11.3 Å². The number of amides is 2. The monoisotopic (exact) mass is 291 g/mol. The molecule has 2 amide bonds. The van der Waals surface area contributed by atoms with Crippen molar-refractivity contribution < 1.29 is 14.3 Å². The fourth-order valence-electron chi connectivity index (χ4n) is 2.19. The lowest BCUT2D eigenvalue weighted by Crippen LogP contribution is -2.41. The van der Waals surface area contributed by atoms with Crippen LogP contribution in [-0.2, 0) is 4.74 Å². The number of alkyl carbamates (subject to hydrolysis) is 1. The van der Waals surface area contributed by atoms with Crippen LogP contribution in [-0.4, -0.2) is 46.6 Å². The maximum absolute atomic E-state index is 12.2. The first kappa shape index (κ1) is 15.3. The molecule has 114 valence electrons. The molecule has 0 spiro atoms. The van der Waals surface area contributed by atoms with Gasteiger partial charge in [-0.2, -0.15) is 0 Å². The van der Waals surface area contributed by atoms with Crippen LogP contribution in [0.25, 0.3) is 0 Å². The molecule has 1 N–H and O–H groups in total. The maximum atomic E-state index is 12.2.